The van der Waals surface area contributed by atoms with E-state index in [2.05, 4.69) is 26.0 Å². The van der Waals surface area contributed by atoms with Crippen LogP contribution in [0.2, 0.25) is 0 Å². The lowest BCUT2D eigenvalue weighted by Gasteiger charge is -2.14. The first-order chi connectivity index (χ1) is 9.44. The highest BCUT2D eigenvalue weighted by atomic mass is 79.9. The quantitative estimate of drug-likeness (QED) is 0.825. The first kappa shape index (κ1) is 15.8. The van der Waals surface area contributed by atoms with Crippen LogP contribution in [0.3, 0.4) is 0 Å². The third-order valence-electron chi connectivity index (χ3n) is 2.99. The van der Waals surface area contributed by atoms with Crippen molar-refractivity contribution in [1.82, 2.24) is 10.0 Å². The van der Waals surface area contributed by atoms with Crippen LogP contribution in [0.25, 0.3) is 0 Å². The van der Waals surface area contributed by atoms with Crippen LogP contribution in [0.15, 0.2) is 21.5 Å². The molecular weight excluding hydrogens is 351 g/mol. The monoisotopic (exact) mass is 366 g/mol. The standard InChI is InChI=1S/C12H16BrFN2O3S/c1-15-6-8-4-9(13)5-11(12(8)14)20(17,18)16-10-2-3-19-7-10/h4-5,10,15-16H,2-3,6-7H2,1H3. The van der Waals surface area contributed by atoms with Crippen molar-refractivity contribution in [3.8, 4) is 0 Å². The van der Waals surface area contributed by atoms with Gasteiger partial charge in [0.05, 0.1) is 6.61 Å². The lowest BCUT2D eigenvalue weighted by molar-refractivity contribution is 0.192. The van der Waals surface area contributed by atoms with Gasteiger partial charge >= 0.3 is 0 Å². The smallest absolute Gasteiger partial charge is 0.243 e. The van der Waals surface area contributed by atoms with Gasteiger partial charge in [0.15, 0.2) is 0 Å². The molecule has 1 aliphatic rings. The fourth-order valence-corrected chi connectivity index (χ4v) is 4.10. The van der Waals surface area contributed by atoms with E-state index >= 15 is 0 Å². The molecule has 1 aliphatic heterocycles. The zero-order valence-corrected chi connectivity index (χ0v) is 13.4. The number of benzene rings is 1. The molecule has 20 heavy (non-hydrogen) atoms. The number of sulfonamides is 1. The molecule has 2 rings (SSSR count). The molecule has 0 amide bonds. The van der Waals surface area contributed by atoms with Gasteiger partial charge in [0.2, 0.25) is 10.0 Å². The van der Waals surface area contributed by atoms with Crippen molar-refractivity contribution in [1.29, 1.82) is 0 Å². The van der Waals surface area contributed by atoms with Gasteiger partial charge in [0, 0.05) is 29.2 Å². The minimum absolute atomic E-state index is 0.250. The first-order valence-corrected chi connectivity index (χ1v) is 8.44. The minimum Gasteiger partial charge on any atom is -0.380 e. The van der Waals surface area contributed by atoms with E-state index in [-0.39, 0.29) is 17.5 Å². The Morgan fingerprint density at radius 3 is 2.85 bits per heavy atom. The molecule has 1 unspecified atom stereocenters. The average molecular weight is 367 g/mol. The van der Waals surface area contributed by atoms with E-state index in [9.17, 15) is 12.8 Å². The molecule has 5 nitrogen and oxygen atoms in total. The van der Waals surface area contributed by atoms with E-state index in [1.165, 1.54) is 6.07 Å². The zero-order chi connectivity index (χ0) is 14.8. The largest absolute Gasteiger partial charge is 0.380 e. The van der Waals surface area contributed by atoms with E-state index < -0.39 is 15.8 Å². The highest BCUT2D eigenvalue weighted by Gasteiger charge is 2.27. The maximum Gasteiger partial charge on any atom is 0.243 e. The third kappa shape index (κ3) is 3.56. The second-order valence-corrected chi connectivity index (χ2v) is 7.19. The molecule has 0 radical (unpaired) electrons. The Kier molecular flexibility index (Phi) is 5.14. The summed E-state index contributed by atoms with van der Waals surface area (Å²) < 4.78 is 46.9. The van der Waals surface area contributed by atoms with Crippen LogP contribution >= 0.6 is 15.9 Å². The molecule has 2 N–H and O–H groups in total. The van der Waals surface area contributed by atoms with E-state index in [0.29, 0.717) is 29.7 Å². The lowest BCUT2D eigenvalue weighted by atomic mass is 10.2. The Morgan fingerprint density at radius 1 is 1.50 bits per heavy atom. The van der Waals surface area contributed by atoms with Crippen LogP contribution in [0.5, 0.6) is 0 Å². The van der Waals surface area contributed by atoms with E-state index in [0.717, 1.165) is 0 Å². The molecule has 112 valence electrons. The van der Waals surface area contributed by atoms with Gasteiger partial charge < -0.3 is 10.1 Å². The molecule has 0 saturated carbocycles. The highest BCUT2D eigenvalue weighted by Crippen LogP contribution is 2.24. The van der Waals surface area contributed by atoms with Crippen molar-refractivity contribution in [2.24, 2.45) is 0 Å². The van der Waals surface area contributed by atoms with Crippen LogP contribution in [0.1, 0.15) is 12.0 Å². The topological polar surface area (TPSA) is 67.4 Å². The normalized spacial score (nSPS) is 19.4. The van der Waals surface area contributed by atoms with Crippen molar-refractivity contribution < 1.29 is 17.5 Å². The molecule has 1 fully saturated rings. The number of nitrogens with one attached hydrogen (secondary N) is 2. The summed E-state index contributed by atoms with van der Waals surface area (Å²) in [4.78, 5) is -0.343. The summed E-state index contributed by atoms with van der Waals surface area (Å²) in [5.41, 5.74) is 0.296. The summed E-state index contributed by atoms with van der Waals surface area (Å²) >= 11 is 3.21. The SMILES string of the molecule is CNCc1cc(Br)cc(S(=O)(=O)NC2CCOC2)c1F. The highest BCUT2D eigenvalue weighted by molar-refractivity contribution is 9.10. The second-order valence-electron chi connectivity index (χ2n) is 4.59. The van der Waals surface area contributed by atoms with Crippen molar-refractivity contribution in [2.75, 3.05) is 20.3 Å². The number of rotatable bonds is 5. The van der Waals surface area contributed by atoms with Crippen LogP contribution in [0, 0.1) is 5.82 Å². The van der Waals surface area contributed by atoms with Crippen molar-refractivity contribution in [3.63, 3.8) is 0 Å². The number of halogens is 2. The number of ether oxygens (including phenoxy) is 1. The summed E-state index contributed by atoms with van der Waals surface area (Å²) in [5, 5.41) is 2.81. The van der Waals surface area contributed by atoms with Crippen LogP contribution in [-0.4, -0.2) is 34.7 Å². The lowest BCUT2D eigenvalue weighted by Crippen LogP contribution is -2.35. The molecule has 0 bridgehead atoms. The van der Waals surface area contributed by atoms with Gasteiger partial charge in [-0.25, -0.2) is 17.5 Å². The Balaban J connectivity index is 2.34. The first-order valence-electron chi connectivity index (χ1n) is 6.16. The van der Waals surface area contributed by atoms with Crippen molar-refractivity contribution >= 4 is 26.0 Å². The van der Waals surface area contributed by atoms with E-state index in [1.54, 1.807) is 13.1 Å². The van der Waals surface area contributed by atoms with Crippen molar-refractivity contribution in [2.45, 2.75) is 23.9 Å². The van der Waals surface area contributed by atoms with E-state index in [4.69, 9.17) is 4.74 Å². The fourth-order valence-electron chi connectivity index (χ4n) is 2.04. The van der Waals surface area contributed by atoms with Crippen LogP contribution < -0.4 is 10.0 Å². The maximum absolute atomic E-state index is 14.3. The molecular formula is C12H16BrFN2O3S. The van der Waals surface area contributed by atoms with Crippen LogP contribution in [-0.2, 0) is 21.3 Å². The van der Waals surface area contributed by atoms with E-state index in [1.807, 2.05) is 0 Å². The molecule has 1 heterocycles. The van der Waals surface area contributed by atoms with Gasteiger partial charge in [-0.05, 0) is 25.6 Å². The summed E-state index contributed by atoms with van der Waals surface area (Å²) in [6.45, 7) is 1.08. The molecule has 8 heteroatoms. The zero-order valence-electron chi connectivity index (χ0n) is 10.9. The molecule has 1 aromatic carbocycles. The molecule has 0 aromatic heterocycles. The van der Waals surface area contributed by atoms with Gasteiger partial charge in [-0.1, -0.05) is 15.9 Å². The maximum atomic E-state index is 14.3. The number of hydrogen-bond acceptors (Lipinski definition) is 4. The molecule has 1 atom stereocenters. The predicted molar refractivity (Wildman–Crippen MR) is 76.4 cm³/mol. The van der Waals surface area contributed by atoms with Gasteiger partial charge in [-0.15, -0.1) is 0 Å². The molecule has 1 aromatic rings. The Morgan fingerprint density at radius 2 is 2.25 bits per heavy atom. The van der Waals surface area contributed by atoms with Gasteiger partial charge in [0.1, 0.15) is 10.7 Å². The summed E-state index contributed by atoms with van der Waals surface area (Å²) in [6, 6.07) is 2.53. The molecule has 1 saturated heterocycles. The van der Waals surface area contributed by atoms with Crippen LogP contribution in [0.4, 0.5) is 4.39 Å². The van der Waals surface area contributed by atoms with Crippen molar-refractivity contribution in [3.05, 3.63) is 28.0 Å². The second kappa shape index (κ2) is 6.48. The number of hydrogen-bond donors (Lipinski definition) is 2. The predicted octanol–water partition coefficient (Wildman–Crippen LogP) is 1.37. The fraction of sp³-hybridized carbons (Fsp3) is 0.500. The van der Waals surface area contributed by atoms with Gasteiger partial charge in [-0.3, -0.25) is 0 Å². The van der Waals surface area contributed by atoms with Gasteiger partial charge in [0.25, 0.3) is 0 Å². The summed E-state index contributed by atoms with van der Waals surface area (Å²) in [7, 11) is -2.23. The Labute approximate surface area is 126 Å². The summed E-state index contributed by atoms with van der Waals surface area (Å²) in [5.74, 6) is -0.728. The Bertz CT molecular complexity index is 589. The average Bonchev–Trinajstić information content (AvgIpc) is 2.85. The Hall–Kier alpha value is -0.540. The van der Waals surface area contributed by atoms with Gasteiger partial charge in [-0.2, -0.15) is 0 Å². The molecule has 0 spiro atoms. The summed E-state index contributed by atoms with van der Waals surface area (Å²) in [6.07, 6.45) is 0.595. The third-order valence-corrected chi connectivity index (χ3v) is 4.97. The molecule has 0 aliphatic carbocycles. The minimum atomic E-state index is -3.90.